The van der Waals surface area contributed by atoms with Crippen molar-refractivity contribution in [2.24, 2.45) is 0 Å². The Bertz CT molecular complexity index is 364. The summed E-state index contributed by atoms with van der Waals surface area (Å²) in [5, 5.41) is 3.41. The molecule has 2 unspecified atom stereocenters. The van der Waals surface area contributed by atoms with Gasteiger partial charge in [-0.2, -0.15) is 0 Å². The van der Waals surface area contributed by atoms with Gasteiger partial charge in [-0.25, -0.2) is 0 Å². The number of benzene rings is 1. The molecule has 2 rings (SSSR count). The first-order chi connectivity index (χ1) is 7.81. The van der Waals surface area contributed by atoms with Crippen molar-refractivity contribution in [2.75, 3.05) is 25.4 Å². The van der Waals surface area contributed by atoms with Crippen LogP contribution in [0.2, 0.25) is 0 Å². The first kappa shape index (κ1) is 11.6. The summed E-state index contributed by atoms with van der Waals surface area (Å²) in [5.74, 6) is 1.62. The Morgan fingerprint density at radius 3 is 2.81 bits per heavy atom. The quantitative estimate of drug-likeness (QED) is 0.868. The smallest absolute Gasteiger partial charge is 0.119 e. The zero-order valence-corrected chi connectivity index (χ0v) is 10.3. The van der Waals surface area contributed by atoms with E-state index in [-0.39, 0.29) is 5.25 Å². The average molecular weight is 239 g/mol. The minimum atomic E-state index is -0.743. The van der Waals surface area contributed by atoms with Crippen LogP contribution in [0.25, 0.3) is 0 Å². The van der Waals surface area contributed by atoms with Crippen LogP contribution in [-0.4, -0.2) is 29.7 Å². The first-order valence-corrected chi connectivity index (χ1v) is 7.00. The van der Waals surface area contributed by atoms with Crippen molar-refractivity contribution in [3.8, 4) is 5.75 Å². The van der Waals surface area contributed by atoms with Crippen LogP contribution in [0.5, 0.6) is 5.75 Å². The number of hydrogen-bond donors (Lipinski definition) is 1. The van der Waals surface area contributed by atoms with Crippen LogP contribution in [0.4, 0.5) is 0 Å². The van der Waals surface area contributed by atoms with Gasteiger partial charge in [-0.05, 0) is 24.6 Å². The highest BCUT2D eigenvalue weighted by Crippen LogP contribution is 2.23. The highest BCUT2D eigenvalue weighted by atomic mass is 32.2. The van der Waals surface area contributed by atoms with Gasteiger partial charge in [-0.1, -0.05) is 12.1 Å². The van der Waals surface area contributed by atoms with E-state index in [1.54, 1.807) is 0 Å². The molecule has 1 heterocycles. The molecule has 1 saturated heterocycles. The molecule has 16 heavy (non-hydrogen) atoms. The van der Waals surface area contributed by atoms with Gasteiger partial charge in [0.25, 0.3) is 0 Å². The summed E-state index contributed by atoms with van der Waals surface area (Å²) in [4.78, 5) is 0. The zero-order chi connectivity index (χ0) is 11.4. The fourth-order valence-electron chi connectivity index (χ4n) is 1.86. The largest absolute Gasteiger partial charge is 0.494 e. The van der Waals surface area contributed by atoms with Crippen molar-refractivity contribution in [2.45, 2.75) is 12.2 Å². The topological polar surface area (TPSA) is 38.3 Å². The highest BCUT2D eigenvalue weighted by molar-refractivity contribution is 7.85. The summed E-state index contributed by atoms with van der Waals surface area (Å²) in [6, 6.07) is 7.93. The Morgan fingerprint density at radius 1 is 1.44 bits per heavy atom. The van der Waals surface area contributed by atoms with Gasteiger partial charge in [-0.15, -0.1) is 0 Å². The standard InChI is InChI=1S/C12H17NO2S/c1-2-15-11-5-3-10(4-6-11)12-9-13-7-8-16(12)14/h3-6,12-13H,2,7-9H2,1H3. The molecule has 1 aromatic carbocycles. The van der Waals surface area contributed by atoms with E-state index in [9.17, 15) is 4.21 Å². The van der Waals surface area contributed by atoms with Crippen molar-refractivity contribution in [1.82, 2.24) is 5.32 Å². The fraction of sp³-hybridized carbons (Fsp3) is 0.500. The molecule has 1 aliphatic heterocycles. The number of ether oxygens (including phenoxy) is 1. The third kappa shape index (κ3) is 2.62. The molecule has 1 aliphatic rings. The lowest BCUT2D eigenvalue weighted by molar-refractivity contribution is 0.340. The molecule has 1 fully saturated rings. The Kier molecular flexibility index (Phi) is 3.96. The minimum absolute atomic E-state index is 0.129. The van der Waals surface area contributed by atoms with Crippen molar-refractivity contribution in [1.29, 1.82) is 0 Å². The van der Waals surface area contributed by atoms with Crippen LogP contribution in [0.3, 0.4) is 0 Å². The van der Waals surface area contributed by atoms with E-state index in [1.165, 1.54) is 0 Å². The summed E-state index contributed by atoms with van der Waals surface area (Å²) >= 11 is 0. The SMILES string of the molecule is CCOc1ccc(C2CNCCS2=O)cc1. The van der Waals surface area contributed by atoms with E-state index in [0.717, 1.165) is 30.2 Å². The van der Waals surface area contributed by atoms with Gasteiger partial charge < -0.3 is 10.1 Å². The van der Waals surface area contributed by atoms with E-state index in [2.05, 4.69) is 5.32 Å². The Labute approximate surface area is 98.7 Å². The normalized spacial score (nSPS) is 25.3. The molecule has 0 radical (unpaired) electrons. The molecule has 0 aliphatic carbocycles. The summed E-state index contributed by atoms with van der Waals surface area (Å²) in [6.45, 7) is 4.31. The third-order valence-electron chi connectivity index (χ3n) is 2.69. The maximum Gasteiger partial charge on any atom is 0.119 e. The fourth-order valence-corrected chi connectivity index (χ4v) is 3.25. The lowest BCUT2D eigenvalue weighted by Crippen LogP contribution is -2.35. The molecule has 0 aromatic heterocycles. The second-order valence-electron chi connectivity index (χ2n) is 3.78. The van der Waals surface area contributed by atoms with Crippen molar-refractivity contribution in [3.05, 3.63) is 29.8 Å². The molecule has 0 spiro atoms. The minimum Gasteiger partial charge on any atom is -0.494 e. The van der Waals surface area contributed by atoms with Crippen molar-refractivity contribution >= 4 is 10.8 Å². The molecule has 0 amide bonds. The predicted molar refractivity (Wildman–Crippen MR) is 66.2 cm³/mol. The van der Waals surface area contributed by atoms with Crippen molar-refractivity contribution in [3.63, 3.8) is 0 Å². The lowest BCUT2D eigenvalue weighted by Gasteiger charge is -2.22. The molecule has 4 heteroatoms. The summed E-state index contributed by atoms with van der Waals surface area (Å²) < 4.78 is 17.2. The van der Waals surface area contributed by atoms with Gasteiger partial charge in [0, 0.05) is 29.6 Å². The van der Waals surface area contributed by atoms with Crippen molar-refractivity contribution < 1.29 is 8.95 Å². The van der Waals surface area contributed by atoms with Gasteiger partial charge in [0.15, 0.2) is 0 Å². The van der Waals surface area contributed by atoms with Crippen LogP contribution in [0.15, 0.2) is 24.3 Å². The van der Waals surface area contributed by atoms with Crippen LogP contribution in [0.1, 0.15) is 17.7 Å². The highest BCUT2D eigenvalue weighted by Gasteiger charge is 2.21. The number of hydrogen-bond acceptors (Lipinski definition) is 3. The Hall–Kier alpha value is -0.870. The lowest BCUT2D eigenvalue weighted by atomic mass is 10.1. The number of nitrogens with one attached hydrogen (secondary N) is 1. The summed E-state index contributed by atoms with van der Waals surface area (Å²) in [6.07, 6.45) is 0. The molecule has 0 bridgehead atoms. The third-order valence-corrected chi connectivity index (χ3v) is 4.37. The monoisotopic (exact) mass is 239 g/mol. The summed E-state index contributed by atoms with van der Waals surface area (Å²) in [7, 11) is -0.743. The van der Waals surface area contributed by atoms with Crippen LogP contribution in [-0.2, 0) is 10.8 Å². The molecular weight excluding hydrogens is 222 g/mol. The van der Waals surface area contributed by atoms with E-state index in [1.807, 2.05) is 31.2 Å². The average Bonchev–Trinajstić information content (AvgIpc) is 2.31. The van der Waals surface area contributed by atoms with Gasteiger partial charge in [0.05, 0.1) is 11.9 Å². The van der Waals surface area contributed by atoms with Gasteiger partial charge >= 0.3 is 0 Å². The van der Waals surface area contributed by atoms with Crippen LogP contribution >= 0.6 is 0 Å². The Morgan fingerprint density at radius 2 is 2.19 bits per heavy atom. The molecular formula is C12H17NO2S. The van der Waals surface area contributed by atoms with E-state index in [0.29, 0.717) is 6.61 Å². The van der Waals surface area contributed by atoms with E-state index < -0.39 is 10.8 Å². The molecule has 3 nitrogen and oxygen atoms in total. The Balaban J connectivity index is 2.11. The van der Waals surface area contributed by atoms with E-state index >= 15 is 0 Å². The van der Waals surface area contributed by atoms with Gasteiger partial charge in [0.1, 0.15) is 5.75 Å². The maximum atomic E-state index is 11.8. The molecule has 1 N–H and O–H groups in total. The predicted octanol–water partition coefficient (Wildman–Crippen LogP) is 1.48. The molecule has 88 valence electrons. The second kappa shape index (κ2) is 5.46. The maximum absolute atomic E-state index is 11.8. The zero-order valence-electron chi connectivity index (χ0n) is 9.44. The number of rotatable bonds is 3. The van der Waals surface area contributed by atoms with Gasteiger partial charge in [-0.3, -0.25) is 4.21 Å². The molecule has 0 saturated carbocycles. The van der Waals surface area contributed by atoms with Gasteiger partial charge in [0.2, 0.25) is 0 Å². The molecule has 2 atom stereocenters. The van der Waals surface area contributed by atoms with Crippen LogP contribution < -0.4 is 10.1 Å². The van der Waals surface area contributed by atoms with Crippen LogP contribution in [0, 0.1) is 0 Å². The summed E-state index contributed by atoms with van der Waals surface area (Å²) in [5.41, 5.74) is 1.13. The second-order valence-corrected chi connectivity index (χ2v) is 5.52. The molecule has 1 aromatic rings. The first-order valence-electron chi connectivity index (χ1n) is 5.62. The van der Waals surface area contributed by atoms with E-state index in [4.69, 9.17) is 4.74 Å².